The van der Waals surface area contributed by atoms with Gasteiger partial charge < -0.3 is 14.5 Å². The first-order chi connectivity index (χ1) is 7.93. The predicted octanol–water partition coefficient (Wildman–Crippen LogP) is 3.05. The lowest BCUT2D eigenvalue weighted by molar-refractivity contribution is 0.175. The molecule has 3 nitrogen and oxygen atoms in total. The van der Waals surface area contributed by atoms with Crippen molar-refractivity contribution < 1.29 is 9.47 Å². The maximum Gasteiger partial charge on any atom is 0.231 e. The second-order valence-electron chi connectivity index (χ2n) is 3.90. The topological polar surface area (TPSA) is 34.2 Å². The molecular weight excluding hydrogens is 202 g/mol. The number of rotatable bonds is 0. The molecule has 0 aliphatic carbocycles. The van der Waals surface area contributed by atoms with Gasteiger partial charge in [-0.1, -0.05) is 0 Å². The molecule has 0 unspecified atom stereocenters. The molecule has 0 bridgehead atoms. The zero-order valence-corrected chi connectivity index (χ0v) is 8.49. The highest BCUT2D eigenvalue weighted by atomic mass is 16.7. The van der Waals surface area contributed by atoms with Crippen molar-refractivity contribution in [3.63, 3.8) is 0 Å². The molecule has 3 heteroatoms. The summed E-state index contributed by atoms with van der Waals surface area (Å²) in [5.74, 6) is 1.70. The second kappa shape index (κ2) is 2.70. The average Bonchev–Trinajstić information content (AvgIpc) is 2.96. The van der Waals surface area contributed by atoms with Gasteiger partial charge in [0.2, 0.25) is 6.79 Å². The molecular formula is C13H9NO2. The van der Waals surface area contributed by atoms with Crippen LogP contribution in [0.2, 0.25) is 0 Å². The van der Waals surface area contributed by atoms with Crippen molar-refractivity contribution in [3.05, 3.63) is 36.5 Å². The zero-order chi connectivity index (χ0) is 10.5. The molecule has 1 aliphatic heterocycles. The van der Waals surface area contributed by atoms with Crippen molar-refractivity contribution in [3.8, 4) is 11.5 Å². The number of fused-ring (bicyclic) bond motifs is 5. The summed E-state index contributed by atoms with van der Waals surface area (Å²) >= 11 is 0. The molecule has 78 valence electrons. The summed E-state index contributed by atoms with van der Waals surface area (Å²) in [7, 11) is 0. The van der Waals surface area contributed by atoms with Crippen molar-refractivity contribution in [2.75, 3.05) is 6.79 Å². The zero-order valence-electron chi connectivity index (χ0n) is 8.49. The predicted molar refractivity (Wildman–Crippen MR) is 61.9 cm³/mol. The van der Waals surface area contributed by atoms with Crippen LogP contribution in [0.3, 0.4) is 0 Å². The molecule has 4 rings (SSSR count). The Balaban J connectivity index is 2.24. The number of H-pyrrole nitrogens is 1. The summed E-state index contributed by atoms with van der Waals surface area (Å²) in [5.41, 5.74) is 1.14. The Bertz CT molecular complexity index is 700. The highest BCUT2D eigenvalue weighted by Gasteiger charge is 2.17. The smallest absolute Gasteiger partial charge is 0.231 e. The van der Waals surface area contributed by atoms with Crippen molar-refractivity contribution in [2.45, 2.75) is 0 Å². The van der Waals surface area contributed by atoms with Crippen LogP contribution in [0.25, 0.3) is 21.7 Å². The fourth-order valence-electron chi connectivity index (χ4n) is 2.32. The van der Waals surface area contributed by atoms with Crippen molar-refractivity contribution >= 4 is 21.7 Å². The van der Waals surface area contributed by atoms with Crippen LogP contribution in [0, 0.1) is 0 Å². The van der Waals surface area contributed by atoms with Crippen LogP contribution in [0.1, 0.15) is 0 Å². The van der Waals surface area contributed by atoms with E-state index in [1.165, 1.54) is 10.8 Å². The van der Waals surface area contributed by atoms with Crippen LogP contribution in [0.15, 0.2) is 36.5 Å². The minimum Gasteiger partial charge on any atom is -0.454 e. The van der Waals surface area contributed by atoms with E-state index in [1.54, 1.807) is 0 Å². The number of aromatic amines is 1. The molecule has 0 amide bonds. The minimum atomic E-state index is 0.319. The van der Waals surface area contributed by atoms with Gasteiger partial charge in [-0.05, 0) is 35.7 Å². The molecule has 1 aromatic heterocycles. The summed E-state index contributed by atoms with van der Waals surface area (Å²) < 4.78 is 10.9. The molecule has 0 fully saturated rings. The Morgan fingerprint density at radius 2 is 1.81 bits per heavy atom. The van der Waals surface area contributed by atoms with Gasteiger partial charge in [-0.2, -0.15) is 0 Å². The first kappa shape index (κ1) is 8.05. The molecule has 0 atom stereocenters. The van der Waals surface area contributed by atoms with Gasteiger partial charge in [-0.25, -0.2) is 0 Å². The monoisotopic (exact) mass is 211 g/mol. The largest absolute Gasteiger partial charge is 0.454 e. The molecule has 3 aromatic rings. The Hall–Kier alpha value is -2.16. The highest BCUT2D eigenvalue weighted by Crippen LogP contribution is 2.41. The Kier molecular flexibility index (Phi) is 1.36. The molecule has 16 heavy (non-hydrogen) atoms. The molecule has 0 saturated carbocycles. The molecule has 2 heterocycles. The van der Waals surface area contributed by atoms with Crippen LogP contribution in [0.4, 0.5) is 0 Å². The molecule has 1 aliphatic rings. The second-order valence-corrected chi connectivity index (χ2v) is 3.90. The SMILES string of the molecule is c1cc2c(ccc3c4c(ccc32)OCO4)[nH]1. The summed E-state index contributed by atoms with van der Waals surface area (Å²) in [6.07, 6.45) is 1.95. The van der Waals surface area contributed by atoms with Gasteiger partial charge in [-0.3, -0.25) is 0 Å². The molecule has 0 saturated heterocycles. The Labute approximate surface area is 91.6 Å². The van der Waals surface area contributed by atoms with E-state index in [-0.39, 0.29) is 0 Å². The molecule has 0 spiro atoms. The highest BCUT2D eigenvalue weighted by molar-refractivity contribution is 6.09. The lowest BCUT2D eigenvalue weighted by Gasteiger charge is -2.03. The maximum atomic E-state index is 5.50. The van der Waals surface area contributed by atoms with E-state index in [0.29, 0.717) is 6.79 Å². The minimum absolute atomic E-state index is 0.319. The fourth-order valence-corrected chi connectivity index (χ4v) is 2.32. The summed E-state index contributed by atoms with van der Waals surface area (Å²) in [4.78, 5) is 3.21. The number of aromatic nitrogens is 1. The first-order valence-electron chi connectivity index (χ1n) is 5.22. The molecule has 2 aromatic carbocycles. The van der Waals surface area contributed by atoms with Crippen LogP contribution in [-0.4, -0.2) is 11.8 Å². The van der Waals surface area contributed by atoms with Crippen LogP contribution >= 0.6 is 0 Å². The van der Waals surface area contributed by atoms with E-state index in [1.807, 2.05) is 12.3 Å². The van der Waals surface area contributed by atoms with Crippen LogP contribution in [-0.2, 0) is 0 Å². The number of hydrogen-bond acceptors (Lipinski definition) is 2. The number of nitrogens with one attached hydrogen (secondary N) is 1. The van der Waals surface area contributed by atoms with E-state index < -0.39 is 0 Å². The van der Waals surface area contributed by atoms with Crippen molar-refractivity contribution in [1.82, 2.24) is 4.98 Å². The number of benzene rings is 2. The number of hydrogen-bond donors (Lipinski definition) is 1. The van der Waals surface area contributed by atoms with E-state index in [9.17, 15) is 0 Å². The van der Waals surface area contributed by atoms with E-state index in [0.717, 1.165) is 22.4 Å². The van der Waals surface area contributed by atoms with Gasteiger partial charge in [-0.15, -0.1) is 0 Å². The Morgan fingerprint density at radius 3 is 2.81 bits per heavy atom. The maximum absolute atomic E-state index is 5.50. The fraction of sp³-hybridized carbons (Fsp3) is 0.0769. The number of ether oxygens (including phenoxy) is 2. The third kappa shape index (κ3) is 0.877. The van der Waals surface area contributed by atoms with Gasteiger partial charge in [0.05, 0.1) is 0 Å². The summed E-state index contributed by atoms with van der Waals surface area (Å²) in [6.45, 7) is 0.319. The van der Waals surface area contributed by atoms with E-state index in [2.05, 4.69) is 29.2 Å². The van der Waals surface area contributed by atoms with Crippen LogP contribution < -0.4 is 9.47 Å². The van der Waals surface area contributed by atoms with Gasteiger partial charge >= 0.3 is 0 Å². The third-order valence-corrected chi connectivity index (χ3v) is 3.06. The lowest BCUT2D eigenvalue weighted by atomic mass is 10.1. The molecule has 0 radical (unpaired) electrons. The summed E-state index contributed by atoms with van der Waals surface area (Å²) in [6, 6.07) is 10.3. The van der Waals surface area contributed by atoms with Crippen LogP contribution in [0.5, 0.6) is 11.5 Å². The Morgan fingerprint density at radius 1 is 0.875 bits per heavy atom. The van der Waals surface area contributed by atoms with E-state index in [4.69, 9.17) is 9.47 Å². The van der Waals surface area contributed by atoms with E-state index >= 15 is 0 Å². The normalized spacial score (nSPS) is 13.8. The van der Waals surface area contributed by atoms with Crippen molar-refractivity contribution in [2.24, 2.45) is 0 Å². The average molecular weight is 211 g/mol. The summed E-state index contributed by atoms with van der Waals surface area (Å²) in [5, 5.41) is 3.53. The van der Waals surface area contributed by atoms with Gasteiger partial charge in [0, 0.05) is 22.5 Å². The quantitative estimate of drug-likeness (QED) is 0.620. The first-order valence-corrected chi connectivity index (χ1v) is 5.22. The molecule has 1 N–H and O–H groups in total. The van der Waals surface area contributed by atoms with Gasteiger partial charge in [0.1, 0.15) is 0 Å². The van der Waals surface area contributed by atoms with Gasteiger partial charge in [0.25, 0.3) is 0 Å². The van der Waals surface area contributed by atoms with Gasteiger partial charge in [0.15, 0.2) is 11.5 Å². The lowest BCUT2D eigenvalue weighted by Crippen LogP contribution is -1.93. The standard InChI is InChI=1S/C13H9NO2/c1-3-11-9(5-6-14-11)8-2-4-12-13(10(1)8)16-7-15-12/h1-6,14H,7H2. The third-order valence-electron chi connectivity index (χ3n) is 3.06. The van der Waals surface area contributed by atoms with Crippen molar-refractivity contribution in [1.29, 1.82) is 0 Å².